The third-order valence-corrected chi connectivity index (χ3v) is 3.28. The van der Waals surface area contributed by atoms with Gasteiger partial charge in [-0.1, -0.05) is 5.16 Å². The lowest BCUT2D eigenvalue weighted by Gasteiger charge is -2.11. The minimum atomic E-state index is -0.0691. The summed E-state index contributed by atoms with van der Waals surface area (Å²) in [6.07, 6.45) is 0.689. The molecule has 0 aliphatic carbocycles. The van der Waals surface area contributed by atoms with Crippen LogP contribution in [0.2, 0.25) is 0 Å². The summed E-state index contributed by atoms with van der Waals surface area (Å²) in [4.78, 5) is 16.1. The van der Waals surface area contributed by atoms with E-state index in [4.69, 9.17) is 14.0 Å². The number of rotatable bonds is 9. The number of amides is 1. The number of aryl methyl sites for hydroxylation is 1. The SMILES string of the molecule is CCOc1ccc(-c2noc(CCC(=O)NC(C)COC)n2)cc1. The number of nitrogens with one attached hydrogen (secondary N) is 1. The Balaban J connectivity index is 1.87. The largest absolute Gasteiger partial charge is 0.494 e. The van der Waals surface area contributed by atoms with Crippen molar-refractivity contribution in [3.63, 3.8) is 0 Å². The molecule has 0 saturated carbocycles. The lowest BCUT2D eigenvalue weighted by molar-refractivity contribution is -0.122. The highest BCUT2D eigenvalue weighted by molar-refractivity contribution is 5.76. The molecule has 1 N–H and O–H groups in total. The number of hydrogen-bond donors (Lipinski definition) is 1. The van der Waals surface area contributed by atoms with Crippen LogP contribution < -0.4 is 10.1 Å². The van der Waals surface area contributed by atoms with Gasteiger partial charge in [-0.2, -0.15) is 4.98 Å². The van der Waals surface area contributed by atoms with Crippen LogP contribution in [0.5, 0.6) is 5.75 Å². The molecule has 0 aliphatic heterocycles. The average molecular weight is 333 g/mol. The number of ether oxygens (including phenoxy) is 2. The van der Waals surface area contributed by atoms with Gasteiger partial charge in [0.15, 0.2) is 0 Å². The molecule has 0 fully saturated rings. The lowest BCUT2D eigenvalue weighted by atomic mass is 10.2. The molecule has 2 aromatic rings. The number of benzene rings is 1. The van der Waals surface area contributed by atoms with Gasteiger partial charge < -0.3 is 19.3 Å². The molecule has 2 rings (SSSR count). The number of aromatic nitrogens is 2. The molecule has 0 aliphatic rings. The summed E-state index contributed by atoms with van der Waals surface area (Å²) in [6, 6.07) is 7.45. The maximum absolute atomic E-state index is 11.8. The molecule has 0 spiro atoms. The number of carbonyl (C=O) groups is 1. The van der Waals surface area contributed by atoms with Crippen molar-refractivity contribution in [3.05, 3.63) is 30.2 Å². The molecule has 130 valence electrons. The fourth-order valence-electron chi connectivity index (χ4n) is 2.20. The Bertz CT molecular complexity index is 640. The van der Waals surface area contributed by atoms with Crippen molar-refractivity contribution >= 4 is 5.91 Å². The maximum atomic E-state index is 11.8. The van der Waals surface area contributed by atoms with Crippen molar-refractivity contribution in [3.8, 4) is 17.1 Å². The first kappa shape index (κ1) is 17.9. The fraction of sp³-hybridized carbons (Fsp3) is 0.471. The molecule has 1 heterocycles. The van der Waals surface area contributed by atoms with E-state index < -0.39 is 0 Å². The molecule has 1 amide bonds. The molecule has 1 atom stereocenters. The van der Waals surface area contributed by atoms with Crippen LogP contribution in [-0.2, 0) is 16.0 Å². The van der Waals surface area contributed by atoms with Gasteiger partial charge in [0.25, 0.3) is 0 Å². The molecule has 1 unspecified atom stereocenters. The fourth-order valence-corrected chi connectivity index (χ4v) is 2.20. The summed E-state index contributed by atoms with van der Waals surface area (Å²) in [5.41, 5.74) is 0.839. The Morgan fingerprint density at radius 1 is 1.33 bits per heavy atom. The van der Waals surface area contributed by atoms with E-state index in [2.05, 4.69) is 15.5 Å². The molecule has 24 heavy (non-hydrogen) atoms. The zero-order valence-corrected chi connectivity index (χ0v) is 14.2. The molecule has 0 saturated heterocycles. The van der Waals surface area contributed by atoms with E-state index in [0.29, 0.717) is 37.8 Å². The zero-order chi connectivity index (χ0) is 17.4. The van der Waals surface area contributed by atoms with Crippen LogP contribution in [0.25, 0.3) is 11.4 Å². The van der Waals surface area contributed by atoms with Gasteiger partial charge in [0, 0.05) is 31.6 Å². The first-order chi connectivity index (χ1) is 11.6. The van der Waals surface area contributed by atoms with Gasteiger partial charge in [-0.05, 0) is 38.1 Å². The van der Waals surface area contributed by atoms with Gasteiger partial charge in [-0.25, -0.2) is 0 Å². The van der Waals surface area contributed by atoms with Gasteiger partial charge in [0.05, 0.1) is 13.2 Å². The van der Waals surface area contributed by atoms with Crippen LogP contribution in [0, 0.1) is 0 Å². The number of carbonyl (C=O) groups excluding carboxylic acids is 1. The Labute approximate surface area is 141 Å². The lowest BCUT2D eigenvalue weighted by Crippen LogP contribution is -2.35. The second-order valence-corrected chi connectivity index (χ2v) is 5.39. The molecule has 0 radical (unpaired) electrons. The number of methoxy groups -OCH3 is 1. The van der Waals surface area contributed by atoms with Crippen molar-refractivity contribution in [2.45, 2.75) is 32.7 Å². The van der Waals surface area contributed by atoms with E-state index in [-0.39, 0.29) is 11.9 Å². The first-order valence-electron chi connectivity index (χ1n) is 7.96. The monoisotopic (exact) mass is 333 g/mol. The highest BCUT2D eigenvalue weighted by Crippen LogP contribution is 2.20. The Hall–Kier alpha value is -2.41. The number of hydrogen-bond acceptors (Lipinski definition) is 6. The maximum Gasteiger partial charge on any atom is 0.227 e. The van der Waals surface area contributed by atoms with Crippen LogP contribution >= 0.6 is 0 Å². The standard InChI is InChI=1S/C17H23N3O4/c1-4-23-14-7-5-13(6-8-14)17-19-16(24-20-17)10-9-15(21)18-12(2)11-22-3/h5-8,12H,4,9-11H2,1-3H3,(H,18,21). The molecule has 0 bridgehead atoms. The third kappa shape index (κ3) is 5.34. The zero-order valence-electron chi connectivity index (χ0n) is 14.2. The minimum Gasteiger partial charge on any atom is -0.494 e. The number of nitrogens with zero attached hydrogens (tertiary/aromatic N) is 2. The first-order valence-corrected chi connectivity index (χ1v) is 7.96. The van der Waals surface area contributed by atoms with E-state index in [1.807, 2.05) is 38.1 Å². The van der Waals surface area contributed by atoms with Crippen LogP contribution in [0.4, 0.5) is 0 Å². The molecule has 7 nitrogen and oxygen atoms in total. The predicted octanol–water partition coefficient (Wildman–Crippen LogP) is 2.22. The average Bonchev–Trinajstić information content (AvgIpc) is 3.03. The summed E-state index contributed by atoms with van der Waals surface area (Å²) in [5.74, 6) is 1.67. The smallest absolute Gasteiger partial charge is 0.227 e. The van der Waals surface area contributed by atoms with Crippen LogP contribution in [0.15, 0.2) is 28.8 Å². The third-order valence-electron chi connectivity index (χ3n) is 3.28. The summed E-state index contributed by atoms with van der Waals surface area (Å²) in [7, 11) is 1.60. The van der Waals surface area contributed by atoms with E-state index in [9.17, 15) is 4.79 Å². The second-order valence-electron chi connectivity index (χ2n) is 5.39. The van der Waals surface area contributed by atoms with E-state index in [1.54, 1.807) is 7.11 Å². The molecular weight excluding hydrogens is 310 g/mol. The van der Waals surface area contributed by atoms with Gasteiger partial charge in [0.2, 0.25) is 17.6 Å². The summed E-state index contributed by atoms with van der Waals surface area (Å²) in [5, 5.41) is 6.79. The summed E-state index contributed by atoms with van der Waals surface area (Å²) >= 11 is 0. The van der Waals surface area contributed by atoms with Crippen molar-refractivity contribution in [1.82, 2.24) is 15.5 Å². The Morgan fingerprint density at radius 3 is 2.75 bits per heavy atom. The van der Waals surface area contributed by atoms with Crippen LogP contribution in [-0.4, -0.2) is 42.4 Å². The quantitative estimate of drug-likeness (QED) is 0.757. The topological polar surface area (TPSA) is 86.5 Å². The van der Waals surface area contributed by atoms with E-state index >= 15 is 0 Å². The van der Waals surface area contributed by atoms with Gasteiger partial charge in [-0.3, -0.25) is 4.79 Å². The normalized spacial score (nSPS) is 12.0. The summed E-state index contributed by atoms with van der Waals surface area (Å²) < 4.78 is 15.6. The second kappa shape index (κ2) is 9.02. The molecule has 7 heteroatoms. The highest BCUT2D eigenvalue weighted by Gasteiger charge is 2.12. The van der Waals surface area contributed by atoms with E-state index in [0.717, 1.165) is 11.3 Å². The van der Waals surface area contributed by atoms with Gasteiger partial charge in [0.1, 0.15) is 5.75 Å². The van der Waals surface area contributed by atoms with Crippen molar-refractivity contribution in [2.24, 2.45) is 0 Å². The highest BCUT2D eigenvalue weighted by atomic mass is 16.5. The minimum absolute atomic E-state index is 0.0235. The molecule has 1 aromatic carbocycles. The molecular formula is C17H23N3O4. The summed E-state index contributed by atoms with van der Waals surface area (Å²) in [6.45, 7) is 4.93. The predicted molar refractivity (Wildman–Crippen MR) is 88.7 cm³/mol. The van der Waals surface area contributed by atoms with Crippen LogP contribution in [0.3, 0.4) is 0 Å². The Kier molecular flexibility index (Phi) is 6.74. The Morgan fingerprint density at radius 2 is 2.08 bits per heavy atom. The van der Waals surface area contributed by atoms with Gasteiger partial charge >= 0.3 is 0 Å². The van der Waals surface area contributed by atoms with Crippen molar-refractivity contribution in [1.29, 1.82) is 0 Å². The van der Waals surface area contributed by atoms with Crippen molar-refractivity contribution < 1.29 is 18.8 Å². The molecule has 1 aromatic heterocycles. The van der Waals surface area contributed by atoms with E-state index in [1.165, 1.54) is 0 Å². The van der Waals surface area contributed by atoms with Gasteiger partial charge in [-0.15, -0.1) is 0 Å². The van der Waals surface area contributed by atoms with Crippen molar-refractivity contribution in [2.75, 3.05) is 20.3 Å². The van der Waals surface area contributed by atoms with Crippen LogP contribution in [0.1, 0.15) is 26.2 Å².